The van der Waals surface area contributed by atoms with Crippen molar-refractivity contribution in [3.8, 4) is 0 Å². The molecule has 0 radical (unpaired) electrons. The molecule has 0 spiro atoms. The van der Waals surface area contributed by atoms with Crippen LogP contribution >= 0.6 is 0 Å². The van der Waals surface area contributed by atoms with Gasteiger partial charge in [0.25, 0.3) is 5.91 Å². The zero-order valence-corrected chi connectivity index (χ0v) is 15.5. The zero-order valence-electron chi connectivity index (χ0n) is 15.5. The number of piperidine rings is 1. The number of carbonyl (C=O) groups excluding carboxylic acids is 1. The van der Waals surface area contributed by atoms with E-state index in [1.807, 2.05) is 42.7 Å². The summed E-state index contributed by atoms with van der Waals surface area (Å²) < 4.78 is 0. The van der Waals surface area contributed by atoms with Crippen LogP contribution in [0.2, 0.25) is 0 Å². The van der Waals surface area contributed by atoms with E-state index in [-0.39, 0.29) is 11.9 Å². The summed E-state index contributed by atoms with van der Waals surface area (Å²) in [6.07, 6.45) is 7.29. The number of amides is 1. The van der Waals surface area contributed by atoms with E-state index in [4.69, 9.17) is 0 Å². The van der Waals surface area contributed by atoms with Crippen LogP contribution in [-0.4, -0.2) is 39.9 Å². The maximum absolute atomic E-state index is 12.8. The second-order valence-electron chi connectivity index (χ2n) is 7.12. The molecule has 1 amide bonds. The molecule has 3 heterocycles. The van der Waals surface area contributed by atoms with Crippen molar-refractivity contribution in [3.05, 3.63) is 72.3 Å². The van der Waals surface area contributed by atoms with Crippen LogP contribution in [0.4, 0.5) is 0 Å². The summed E-state index contributed by atoms with van der Waals surface area (Å²) in [7, 11) is 0. The van der Waals surface area contributed by atoms with E-state index >= 15 is 0 Å². The largest absolute Gasteiger partial charge is 0.348 e. The SMILES string of the molecule is CC(c1ccncc1)N1CCC(NC(=O)c2nccc3ccccc23)CC1. The van der Waals surface area contributed by atoms with Gasteiger partial charge in [0, 0.05) is 49.1 Å². The second-order valence-corrected chi connectivity index (χ2v) is 7.12. The Hall–Kier alpha value is -2.79. The first-order valence-corrected chi connectivity index (χ1v) is 9.51. The van der Waals surface area contributed by atoms with Gasteiger partial charge in [-0.25, -0.2) is 0 Å². The molecule has 0 saturated carbocycles. The number of pyridine rings is 2. The fourth-order valence-electron chi connectivity index (χ4n) is 3.84. The van der Waals surface area contributed by atoms with Crippen LogP contribution in [0.5, 0.6) is 0 Å². The van der Waals surface area contributed by atoms with Crippen molar-refractivity contribution in [2.45, 2.75) is 31.8 Å². The van der Waals surface area contributed by atoms with E-state index in [9.17, 15) is 4.79 Å². The van der Waals surface area contributed by atoms with Crippen molar-refractivity contribution >= 4 is 16.7 Å². The molecule has 4 rings (SSSR count). The summed E-state index contributed by atoms with van der Waals surface area (Å²) >= 11 is 0. The van der Waals surface area contributed by atoms with Crippen LogP contribution in [0.1, 0.15) is 41.9 Å². The van der Waals surface area contributed by atoms with Crippen LogP contribution < -0.4 is 5.32 Å². The molecule has 0 aliphatic carbocycles. The first-order chi connectivity index (χ1) is 13.2. The highest BCUT2D eigenvalue weighted by Gasteiger charge is 2.25. The molecule has 5 heteroatoms. The summed E-state index contributed by atoms with van der Waals surface area (Å²) in [5.74, 6) is -0.0765. The predicted molar refractivity (Wildman–Crippen MR) is 106 cm³/mol. The summed E-state index contributed by atoms with van der Waals surface area (Å²) in [6.45, 7) is 4.17. The number of likely N-dealkylation sites (tertiary alicyclic amines) is 1. The van der Waals surface area contributed by atoms with Gasteiger partial charge in [-0.2, -0.15) is 0 Å². The predicted octanol–water partition coefficient (Wildman–Crippen LogP) is 3.59. The normalized spacial score (nSPS) is 16.9. The molecular formula is C22H24N4O. The Kier molecular flexibility index (Phi) is 5.12. The lowest BCUT2D eigenvalue weighted by Crippen LogP contribution is -2.45. The van der Waals surface area contributed by atoms with Crippen LogP contribution in [-0.2, 0) is 0 Å². The first kappa shape index (κ1) is 17.6. The average molecular weight is 360 g/mol. The number of carbonyl (C=O) groups is 1. The lowest BCUT2D eigenvalue weighted by atomic mass is 10.0. The van der Waals surface area contributed by atoms with Crippen molar-refractivity contribution < 1.29 is 4.79 Å². The molecule has 1 saturated heterocycles. The Morgan fingerprint density at radius 2 is 1.81 bits per heavy atom. The van der Waals surface area contributed by atoms with E-state index < -0.39 is 0 Å². The molecule has 3 aromatic rings. The number of benzene rings is 1. The van der Waals surface area contributed by atoms with Gasteiger partial charge in [-0.05, 0) is 48.9 Å². The lowest BCUT2D eigenvalue weighted by Gasteiger charge is -2.36. The number of fused-ring (bicyclic) bond motifs is 1. The van der Waals surface area contributed by atoms with E-state index in [0.29, 0.717) is 11.7 Å². The number of nitrogens with zero attached hydrogens (tertiary/aromatic N) is 3. The molecule has 1 unspecified atom stereocenters. The fourth-order valence-corrected chi connectivity index (χ4v) is 3.84. The van der Waals surface area contributed by atoms with Gasteiger partial charge in [0.1, 0.15) is 5.69 Å². The van der Waals surface area contributed by atoms with Crippen LogP contribution in [0.15, 0.2) is 61.1 Å². The van der Waals surface area contributed by atoms with Crippen molar-refractivity contribution in [1.82, 2.24) is 20.2 Å². The summed E-state index contributed by atoms with van der Waals surface area (Å²) in [5, 5.41) is 5.13. The lowest BCUT2D eigenvalue weighted by molar-refractivity contribution is 0.0893. The Bertz CT molecular complexity index is 915. The third-order valence-corrected chi connectivity index (χ3v) is 5.49. The third kappa shape index (κ3) is 3.83. The van der Waals surface area contributed by atoms with Gasteiger partial charge >= 0.3 is 0 Å². The minimum atomic E-state index is -0.0765. The molecule has 138 valence electrons. The summed E-state index contributed by atoms with van der Waals surface area (Å²) in [4.78, 5) is 23.7. The van der Waals surface area contributed by atoms with E-state index in [1.165, 1.54) is 5.56 Å². The fraction of sp³-hybridized carbons (Fsp3) is 0.318. The van der Waals surface area contributed by atoms with Crippen LogP contribution in [0, 0.1) is 0 Å². The number of rotatable bonds is 4. The molecule has 1 aliphatic heterocycles. The number of aromatic nitrogens is 2. The minimum Gasteiger partial charge on any atom is -0.348 e. The molecule has 2 aromatic heterocycles. The molecule has 0 bridgehead atoms. The van der Waals surface area contributed by atoms with Gasteiger partial charge in [-0.3, -0.25) is 19.7 Å². The van der Waals surface area contributed by atoms with Gasteiger partial charge in [0.2, 0.25) is 0 Å². The maximum atomic E-state index is 12.8. The highest BCUT2D eigenvalue weighted by atomic mass is 16.1. The number of hydrogen-bond acceptors (Lipinski definition) is 4. The average Bonchev–Trinajstić information content (AvgIpc) is 2.74. The standard InChI is InChI=1S/C22H24N4O/c1-16(17-6-11-23-12-7-17)26-14-9-19(10-15-26)25-22(27)21-20-5-3-2-4-18(20)8-13-24-21/h2-8,11-13,16,19H,9-10,14-15H2,1H3,(H,25,27). The molecular weight excluding hydrogens is 336 g/mol. The quantitative estimate of drug-likeness (QED) is 0.772. The monoisotopic (exact) mass is 360 g/mol. The molecule has 1 N–H and O–H groups in total. The molecule has 5 nitrogen and oxygen atoms in total. The minimum absolute atomic E-state index is 0.0765. The van der Waals surface area contributed by atoms with Gasteiger partial charge in [0.05, 0.1) is 0 Å². The highest BCUT2D eigenvalue weighted by Crippen LogP contribution is 2.24. The van der Waals surface area contributed by atoms with Crippen LogP contribution in [0.3, 0.4) is 0 Å². The maximum Gasteiger partial charge on any atom is 0.270 e. The van der Waals surface area contributed by atoms with E-state index in [1.54, 1.807) is 6.20 Å². The number of nitrogens with one attached hydrogen (secondary N) is 1. The number of hydrogen-bond donors (Lipinski definition) is 1. The Morgan fingerprint density at radius 1 is 1.07 bits per heavy atom. The van der Waals surface area contributed by atoms with Crippen molar-refractivity contribution in [1.29, 1.82) is 0 Å². The molecule has 1 fully saturated rings. The Balaban J connectivity index is 1.38. The topological polar surface area (TPSA) is 58.1 Å². The van der Waals surface area contributed by atoms with Gasteiger partial charge in [-0.1, -0.05) is 24.3 Å². The summed E-state index contributed by atoms with van der Waals surface area (Å²) in [6, 6.07) is 14.5. The van der Waals surface area contributed by atoms with Crippen molar-refractivity contribution in [2.75, 3.05) is 13.1 Å². The Labute approximate surface area is 159 Å². The van der Waals surface area contributed by atoms with E-state index in [2.05, 4.69) is 39.2 Å². The molecule has 1 atom stereocenters. The van der Waals surface area contributed by atoms with Gasteiger partial charge in [-0.15, -0.1) is 0 Å². The van der Waals surface area contributed by atoms with Crippen molar-refractivity contribution in [3.63, 3.8) is 0 Å². The molecule has 1 aliphatic rings. The van der Waals surface area contributed by atoms with Crippen molar-refractivity contribution in [2.24, 2.45) is 0 Å². The van der Waals surface area contributed by atoms with Gasteiger partial charge in [0.15, 0.2) is 0 Å². The first-order valence-electron chi connectivity index (χ1n) is 9.51. The van der Waals surface area contributed by atoms with Crippen LogP contribution in [0.25, 0.3) is 10.8 Å². The third-order valence-electron chi connectivity index (χ3n) is 5.49. The molecule has 1 aromatic carbocycles. The smallest absolute Gasteiger partial charge is 0.270 e. The van der Waals surface area contributed by atoms with Gasteiger partial charge < -0.3 is 5.32 Å². The highest BCUT2D eigenvalue weighted by molar-refractivity contribution is 6.05. The second kappa shape index (κ2) is 7.84. The molecule has 27 heavy (non-hydrogen) atoms. The zero-order chi connectivity index (χ0) is 18.6. The van der Waals surface area contributed by atoms with E-state index in [0.717, 1.165) is 36.7 Å². The summed E-state index contributed by atoms with van der Waals surface area (Å²) in [5.41, 5.74) is 1.80. The Morgan fingerprint density at radius 3 is 2.59 bits per heavy atom.